The zero-order valence-corrected chi connectivity index (χ0v) is 23.4. The number of nitrogens with one attached hydrogen (secondary N) is 1. The molecule has 0 unspecified atom stereocenters. The molecule has 1 aliphatic rings. The summed E-state index contributed by atoms with van der Waals surface area (Å²) in [5, 5.41) is 3.45. The van der Waals surface area contributed by atoms with Crippen molar-refractivity contribution in [2.24, 2.45) is 0 Å². The molecule has 3 aromatic rings. The van der Waals surface area contributed by atoms with E-state index in [1.54, 1.807) is 30.3 Å². The van der Waals surface area contributed by atoms with E-state index in [-0.39, 0.29) is 17.1 Å². The van der Waals surface area contributed by atoms with Gasteiger partial charge in [0, 0.05) is 17.2 Å². The van der Waals surface area contributed by atoms with E-state index in [0.717, 1.165) is 5.56 Å². The Morgan fingerprint density at radius 2 is 1.46 bits per heavy atom. The van der Waals surface area contributed by atoms with Crippen molar-refractivity contribution < 1.29 is 33.2 Å². The SMILES string of the molecule is COc1cc(OC)cc(C(=O)N[C@H]2CCc3c(Cl)c(OC)c(OC)c(OC)c3-c3ccc(OC)c(=O)cc32)c1. The summed E-state index contributed by atoms with van der Waals surface area (Å²) in [5.74, 6) is 1.79. The Morgan fingerprint density at radius 3 is 2.03 bits per heavy atom. The third-order valence-corrected chi connectivity index (χ3v) is 7.13. The lowest BCUT2D eigenvalue weighted by molar-refractivity contribution is 0.0934. The number of rotatable bonds is 8. The van der Waals surface area contributed by atoms with Crippen molar-refractivity contribution in [1.82, 2.24) is 5.32 Å². The average molecular weight is 556 g/mol. The number of ether oxygens (including phenoxy) is 6. The Kier molecular flexibility index (Phi) is 8.40. The van der Waals surface area contributed by atoms with Gasteiger partial charge < -0.3 is 33.7 Å². The molecule has 0 radical (unpaired) electrons. The van der Waals surface area contributed by atoms with Gasteiger partial charge in [0.25, 0.3) is 5.91 Å². The topological polar surface area (TPSA) is 102 Å². The number of methoxy groups -OCH3 is 6. The van der Waals surface area contributed by atoms with Gasteiger partial charge in [-0.1, -0.05) is 17.7 Å². The molecule has 3 aromatic carbocycles. The number of benzene rings is 2. The highest BCUT2D eigenvalue weighted by molar-refractivity contribution is 6.34. The van der Waals surface area contributed by atoms with Crippen molar-refractivity contribution in [3.63, 3.8) is 0 Å². The molecule has 1 aliphatic carbocycles. The summed E-state index contributed by atoms with van der Waals surface area (Å²) in [6.07, 6.45) is 0.873. The Hall–Kier alpha value is -4.11. The number of halogens is 1. The molecule has 0 saturated carbocycles. The highest BCUT2D eigenvalue weighted by Gasteiger charge is 2.32. The highest BCUT2D eigenvalue weighted by atomic mass is 35.5. The van der Waals surface area contributed by atoms with Crippen LogP contribution in [-0.4, -0.2) is 48.6 Å². The summed E-state index contributed by atoms with van der Waals surface area (Å²) >= 11 is 6.86. The molecule has 1 atom stereocenters. The summed E-state index contributed by atoms with van der Waals surface area (Å²) in [6.45, 7) is 0. The standard InChI is InChI=1S/C29H30ClNO8/c1-34-16-11-15(12-17(13-16)35-2)29(33)31-21-9-7-19-24(18-8-10-23(36-3)22(32)14-20(18)21)26(37-4)28(39-6)27(38-5)25(19)30/h8,10-14,21H,7,9H2,1-6H3,(H,31,33)/t21-/m0/s1. The lowest BCUT2D eigenvalue weighted by Gasteiger charge is -2.21. The van der Waals surface area contributed by atoms with Gasteiger partial charge in [-0.25, -0.2) is 0 Å². The first-order chi connectivity index (χ1) is 18.8. The third kappa shape index (κ3) is 5.14. The predicted octanol–water partition coefficient (Wildman–Crippen LogP) is 4.84. The largest absolute Gasteiger partial charge is 0.497 e. The van der Waals surface area contributed by atoms with Crippen LogP contribution < -0.4 is 39.2 Å². The Balaban J connectivity index is 1.94. The first-order valence-corrected chi connectivity index (χ1v) is 12.5. The number of fused-ring (bicyclic) bond motifs is 3. The number of amides is 1. The smallest absolute Gasteiger partial charge is 0.252 e. The molecular formula is C29H30ClNO8. The lowest BCUT2D eigenvalue weighted by atomic mass is 9.95. The van der Waals surface area contributed by atoms with Gasteiger partial charge in [-0.3, -0.25) is 9.59 Å². The molecule has 39 heavy (non-hydrogen) atoms. The van der Waals surface area contributed by atoms with Gasteiger partial charge in [-0.15, -0.1) is 0 Å². The van der Waals surface area contributed by atoms with Gasteiger partial charge in [-0.05, 0) is 53.8 Å². The van der Waals surface area contributed by atoms with Crippen LogP contribution in [0.5, 0.6) is 34.5 Å². The molecule has 0 aromatic heterocycles. The quantitative estimate of drug-likeness (QED) is 0.421. The Bertz CT molecular complexity index is 1450. The van der Waals surface area contributed by atoms with E-state index < -0.39 is 6.04 Å². The molecule has 0 fully saturated rings. The van der Waals surface area contributed by atoms with Crippen LogP contribution in [0, 0.1) is 0 Å². The van der Waals surface area contributed by atoms with Crippen LogP contribution in [0.15, 0.2) is 41.2 Å². The van der Waals surface area contributed by atoms with E-state index in [2.05, 4.69) is 5.32 Å². The average Bonchev–Trinajstić information content (AvgIpc) is 3.21. The van der Waals surface area contributed by atoms with E-state index in [4.69, 9.17) is 40.0 Å². The van der Waals surface area contributed by atoms with Gasteiger partial charge in [0.1, 0.15) is 11.5 Å². The van der Waals surface area contributed by atoms with Crippen LogP contribution in [0.1, 0.15) is 33.9 Å². The van der Waals surface area contributed by atoms with E-state index in [1.807, 2.05) is 0 Å². The maximum Gasteiger partial charge on any atom is 0.252 e. The fourth-order valence-corrected chi connectivity index (χ4v) is 5.22. The third-order valence-electron chi connectivity index (χ3n) is 6.73. The molecule has 0 heterocycles. The second-order valence-electron chi connectivity index (χ2n) is 8.71. The summed E-state index contributed by atoms with van der Waals surface area (Å²) in [7, 11) is 8.97. The van der Waals surface area contributed by atoms with Crippen LogP contribution in [0.3, 0.4) is 0 Å². The van der Waals surface area contributed by atoms with E-state index in [1.165, 1.54) is 48.7 Å². The molecule has 206 valence electrons. The van der Waals surface area contributed by atoms with Gasteiger partial charge in [0.2, 0.25) is 11.2 Å². The maximum absolute atomic E-state index is 13.5. The predicted molar refractivity (Wildman–Crippen MR) is 147 cm³/mol. The molecule has 1 amide bonds. The van der Waals surface area contributed by atoms with Gasteiger partial charge in [-0.2, -0.15) is 0 Å². The van der Waals surface area contributed by atoms with Gasteiger partial charge in [0.05, 0.1) is 53.7 Å². The number of hydrogen-bond acceptors (Lipinski definition) is 8. The fourth-order valence-electron chi connectivity index (χ4n) is 4.87. The van der Waals surface area contributed by atoms with E-state index in [9.17, 15) is 9.59 Å². The van der Waals surface area contributed by atoms with Crippen molar-refractivity contribution in [3.05, 3.63) is 68.3 Å². The summed E-state index contributed by atoms with van der Waals surface area (Å²) in [6, 6.07) is 9.17. The number of carbonyl (C=O) groups is 1. The molecular weight excluding hydrogens is 526 g/mol. The molecule has 10 heteroatoms. The van der Waals surface area contributed by atoms with Crippen molar-refractivity contribution in [3.8, 4) is 45.6 Å². The van der Waals surface area contributed by atoms with Gasteiger partial charge >= 0.3 is 0 Å². The van der Waals surface area contributed by atoms with Crippen molar-refractivity contribution in [2.45, 2.75) is 18.9 Å². The van der Waals surface area contributed by atoms with E-state index in [0.29, 0.717) is 68.9 Å². The molecule has 9 nitrogen and oxygen atoms in total. The summed E-state index contributed by atoms with van der Waals surface area (Å²) in [4.78, 5) is 26.6. The van der Waals surface area contributed by atoms with Crippen molar-refractivity contribution >= 4 is 17.5 Å². The first-order valence-electron chi connectivity index (χ1n) is 12.1. The zero-order chi connectivity index (χ0) is 28.3. The summed E-state index contributed by atoms with van der Waals surface area (Å²) < 4.78 is 33.0. The molecule has 0 saturated heterocycles. The van der Waals surface area contributed by atoms with Crippen LogP contribution in [0.2, 0.25) is 5.02 Å². The van der Waals surface area contributed by atoms with Crippen LogP contribution in [0.4, 0.5) is 0 Å². The highest BCUT2D eigenvalue weighted by Crippen LogP contribution is 2.54. The Morgan fingerprint density at radius 1 is 0.821 bits per heavy atom. The molecule has 4 rings (SSSR count). The molecule has 0 bridgehead atoms. The minimum Gasteiger partial charge on any atom is -0.497 e. The van der Waals surface area contributed by atoms with Crippen molar-refractivity contribution in [2.75, 3.05) is 42.7 Å². The van der Waals surface area contributed by atoms with Gasteiger partial charge in [0.15, 0.2) is 17.2 Å². The molecule has 0 spiro atoms. The minimum atomic E-state index is -0.570. The minimum absolute atomic E-state index is 0.151. The van der Waals surface area contributed by atoms with Crippen LogP contribution >= 0.6 is 11.6 Å². The second-order valence-corrected chi connectivity index (χ2v) is 9.09. The van der Waals surface area contributed by atoms with E-state index >= 15 is 0 Å². The molecule has 0 aliphatic heterocycles. The van der Waals surface area contributed by atoms with Crippen molar-refractivity contribution in [1.29, 1.82) is 0 Å². The second kappa shape index (κ2) is 11.7. The normalized spacial score (nSPS) is 13.8. The summed E-state index contributed by atoms with van der Waals surface area (Å²) in [5.41, 5.74) is 2.60. The first kappa shape index (κ1) is 27.9. The van der Waals surface area contributed by atoms with Crippen LogP contribution in [0.25, 0.3) is 11.1 Å². The van der Waals surface area contributed by atoms with Crippen LogP contribution in [-0.2, 0) is 6.42 Å². The number of hydrogen-bond donors (Lipinski definition) is 1. The molecule has 1 N–H and O–H groups in total. The number of carbonyl (C=O) groups excluding carboxylic acids is 1. The maximum atomic E-state index is 13.5. The fraction of sp³-hybridized carbons (Fsp3) is 0.310. The monoisotopic (exact) mass is 555 g/mol. The zero-order valence-electron chi connectivity index (χ0n) is 22.6. The Labute approximate surface area is 231 Å². The lowest BCUT2D eigenvalue weighted by Crippen LogP contribution is -2.29.